The van der Waals surface area contributed by atoms with E-state index in [4.69, 9.17) is 0 Å². The molecule has 0 rings (SSSR count). The summed E-state index contributed by atoms with van der Waals surface area (Å²) < 4.78 is 2.40. The second-order valence-corrected chi connectivity index (χ2v) is 26.8. The fraction of sp³-hybridized carbons (Fsp3) is 0.600. The van der Waals surface area contributed by atoms with Crippen LogP contribution in [0.1, 0.15) is 6.92 Å². The van der Waals surface area contributed by atoms with Crippen molar-refractivity contribution in [3.63, 3.8) is 0 Å². The van der Waals surface area contributed by atoms with E-state index < -0.39 is 12.4 Å². The van der Waals surface area contributed by atoms with Crippen molar-refractivity contribution in [1.82, 2.24) is 0 Å². The Balaban J connectivity index is 0. The van der Waals surface area contributed by atoms with Crippen LogP contribution in [0, 0.1) is 0 Å². The molecular weight excluding hydrogens is 258 g/mol. The zero-order valence-corrected chi connectivity index (χ0v) is 11.5. The molecule has 0 N–H and O–H groups in total. The third-order valence-electron chi connectivity index (χ3n) is 0.923. The van der Waals surface area contributed by atoms with Crippen LogP contribution in [0.25, 0.3) is 0 Å². The number of rotatable bonds is 2. The van der Waals surface area contributed by atoms with Crippen molar-refractivity contribution >= 4 is 12.4 Å². The second-order valence-electron chi connectivity index (χ2n) is 5.12. The van der Waals surface area contributed by atoms with Crippen LogP contribution in [-0.2, 0) is 12.4 Å². The maximum atomic E-state index is 2.40. The Morgan fingerprint density at radius 2 is 1.25 bits per heavy atom. The van der Waals surface area contributed by atoms with Crippen LogP contribution in [-0.4, -0.2) is 0 Å². The van der Waals surface area contributed by atoms with Crippen molar-refractivity contribution in [3.05, 3.63) is 22.9 Å². The van der Waals surface area contributed by atoms with Gasteiger partial charge in [0.25, 0.3) is 0 Å². The van der Waals surface area contributed by atoms with Gasteiger partial charge in [0.1, 0.15) is 0 Å². The van der Waals surface area contributed by atoms with Crippen LogP contribution in [0.2, 0.25) is 27.6 Å². The van der Waals surface area contributed by atoms with Crippen molar-refractivity contribution in [2.24, 2.45) is 0 Å². The van der Waals surface area contributed by atoms with Gasteiger partial charge >= 0.3 is 69.8 Å². The Kier molecular flexibility index (Phi) is 4.06. The van der Waals surface area contributed by atoms with Crippen molar-refractivity contribution in [1.29, 1.82) is 0 Å². The van der Waals surface area contributed by atoms with Crippen molar-refractivity contribution in [2.45, 2.75) is 34.5 Å². The van der Waals surface area contributed by atoms with Crippen LogP contribution in [0.5, 0.6) is 0 Å². The quantitative estimate of drug-likeness (QED) is 0.495. The molecule has 0 nitrogen and oxygen atoms in total. The van der Waals surface area contributed by atoms with Gasteiger partial charge in [0.2, 0.25) is 0 Å². The van der Waals surface area contributed by atoms with E-state index in [1.807, 2.05) is 6.92 Å². The van der Waals surface area contributed by atoms with Gasteiger partial charge in [0.05, 0.1) is 0 Å². The van der Waals surface area contributed by atoms with E-state index in [2.05, 4.69) is 50.5 Å². The summed E-state index contributed by atoms with van der Waals surface area (Å²) in [6, 6.07) is 0. The SMILES string of the molecule is CC=CC=[CH][Rh]([CH3])([CH3])([CH3])([CH3])[CH3].Cl. The molecule has 0 aliphatic carbocycles. The number of hydrogen-bond donors (Lipinski definition) is 0. The van der Waals surface area contributed by atoms with E-state index in [9.17, 15) is 0 Å². The summed E-state index contributed by atoms with van der Waals surface area (Å²) >= 11 is -2.37. The summed E-state index contributed by atoms with van der Waals surface area (Å²) in [6.07, 6.45) is 6.34. The summed E-state index contributed by atoms with van der Waals surface area (Å²) in [5.74, 6) is 0. The largest absolute Gasteiger partial charge is 0.147 e. The van der Waals surface area contributed by atoms with Gasteiger partial charge in [-0.1, -0.05) is 0 Å². The van der Waals surface area contributed by atoms with Crippen LogP contribution >= 0.6 is 12.4 Å². The van der Waals surface area contributed by atoms with E-state index in [0.717, 1.165) is 0 Å². The average molecular weight is 282 g/mol. The van der Waals surface area contributed by atoms with Gasteiger partial charge in [-0.25, -0.2) is 0 Å². The fourth-order valence-electron chi connectivity index (χ4n) is 0.469. The Labute approximate surface area is 82.2 Å². The van der Waals surface area contributed by atoms with Gasteiger partial charge in [-0.15, -0.1) is 12.4 Å². The molecule has 0 unspecified atom stereocenters. The molecule has 0 aromatic rings. The van der Waals surface area contributed by atoms with Gasteiger partial charge in [-0.3, -0.25) is 0 Å². The summed E-state index contributed by atoms with van der Waals surface area (Å²) in [5, 5.41) is 0. The van der Waals surface area contributed by atoms with E-state index in [-0.39, 0.29) is 12.4 Å². The molecule has 0 aromatic carbocycles. The predicted octanol–water partition coefficient (Wildman–Crippen LogP) is 4.96. The molecule has 0 heterocycles. The molecule has 0 atom stereocenters. The minimum absolute atomic E-state index is 0. The maximum absolute atomic E-state index is 2.40. The molecular formula is C10H23ClRh. The van der Waals surface area contributed by atoms with Gasteiger partial charge in [0, 0.05) is 0 Å². The van der Waals surface area contributed by atoms with Gasteiger partial charge in [-0.05, 0) is 0 Å². The first-order chi connectivity index (χ1) is 4.54. The second kappa shape index (κ2) is 3.27. The maximum Gasteiger partial charge on any atom is -0.147 e. The number of halogens is 1. The van der Waals surface area contributed by atoms with E-state index in [0.29, 0.717) is 0 Å². The van der Waals surface area contributed by atoms with Crippen LogP contribution in [0.3, 0.4) is 0 Å². The Morgan fingerprint density at radius 3 is 1.50 bits per heavy atom. The van der Waals surface area contributed by atoms with E-state index in [1.54, 1.807) is 0 Å². The van der Waals surface area contributed by atoms with Crippen molar-refractivity contribution in [2.75, 3.05) is 0 Å². The third kappa shape index (κ3) is 13.0. The molecule has 0 radical (unpaired) electrons. The van der Waals surface area contributed by atoms with Gasteiger partial charge in [-0.2, -0.15) is 0 Å². The zero-order valence-electron chi connectivity index (χ0n) is 9.05. The standard InChI is InChI=1S/C5H7.5CH3.ClH.Rh/c1-3-5-4-2;;;;;;;/h1,3-5H,2H3;5*1H3;1H;. The summed E-state index contributed by atoms with van der Waals surface area (Å²) in [6.45, 7) is 2.04. The Morgan fingerprint density at radius 1 is 0.833 bits per heavy atom. The predicted molar refractivity (Wildman–Crippen MR) is 60.5 cm³/mol. The summed E-state index contributed by atoms with van der Waals surface area (Å²) in [7, 11) is 0. The van der Waals surface area contributed by atoms with Gasteiger partial charge < -0.3 is 0 Å². The topological polar surface area (TPSA) is 0 Å². The Bertz CT molecular complexity index is 189. The van der Waals surface area contributed by atoms with E-state index >= 15 is 0 Å². The molecule has 12 heavy (non-hydrogen) atoms. The molecule has 0 spiro atoms. The summed E-state index contributed by atoms with van der Waals surface area (Å²) in [5.41, 5.74) is 12.0. The molecule has 2 heteroatoms. The molecule has 0 aromatic heterocycles. The van der Waals surface area contributed by atoms with Crippen LogP contribution in [0.15, 0.2) is 22.9 Å². The van der Waals surface area contributed by atoms with Crippen molar-refractivity contribution in [3.8, 4) is 0 Å². The van der Waals surface area contributed by atoms with Gasteiger partial charge in [0.15, 0.2) is 0 Å². The molecule has 0 aliphatic rings. The zero-order chi connectivity index (χ0) is 9.24. The molecule has 0 bridgehead atoms. The molecule has 0 saturated heterocycles. The average Bonchev–Trinajstić information content (AvgIpc) is 1.59. The normalized spacial score (nSPS) is 18.8. The smallest absolute Gasteiger partial charge is 0.147 e. The molecule has 0 aliphatic heterocycles. The first kappa shape index (κ1) is 14.9. The minimum atomic E-state index is -2.37. The Hall–Kier alpha value is 0.393. The number of hydrogen-bond acceptors (Lipinski definition) is 0. The first-order valence-corrected chi connectivity index (χ1v) is 12.6. The van der Waals surface area contributed by atoms with Crippen LogP contribution < -0.4 is 0 Å². The fourth-order valence-corrected chi connectivity index (χ4v) is 2.23. The monoisotopic (exact) mass is 281 g/mol. The molecule has 0 amide bonds. The van der Waals surface area contributed by atoms with Crippen molar-refractivity contribution < 1.29 is 12.4 Å². The molecule has 0 saturated carbocycles. The first-order valence-electron chi connectivity index (χ1n) is 3.44. The summed E-state index contributed by atoms with van der Waals surface area (Å²) in [4.78, 5) is 0. The number of allylic oxidation sites excluding steroid dienone is 3. The van der Waals surface area contributed by atoms with Crippen LogP contribution in [0.4, 0.5) is 0 Å². The third-order valence-corrected chi connectivity index (χ3v) is 3.97. The molecule has 79 valence electrons. The molecule has 0 fully saturated rings. The van der Waals surface area contributed by atoms with E-state index in [1.165, 1.54) is 0 Å². The minimum Gasteiger partial charge on any atom is -0.147 e.